The molecular weight excluding hydrogens is 324 g/mol. The number of hydrogen-bond donors (Lipinski definition) is 1. The van der Waals surface area contributed by atoms with Crippen LogP contribution in [0.2, 0.25) is 0 Å². The van der Waals surface area contributed by atoms with Gasteiger partial charge in [0.05, 0.1) is 4.90 Å². The van der Waals surface area contributed by atoms with E-state index in [-0.39, 0.29) is 16.2 Å². The van der Waals surface area contributed by atoms with Crippen molar-refractivity contribution < 1.29 is 13.2 Å². The molecule has 24 heavy (non-hydrogen) atoms. The van der Waals surface area contributed by atoms with Gasteiger partial charge in [0, 0.05) is 18.3 Å². The molecule has 0 heterocycles. The summed E-state index contributed by atoms with van der Waals surface area (Å²) in [5.41, 5.74) is 2.15. The van der Waals surface area contributed by atoms with Gasteiger partial charge in [-0.3, -0.25) is 4.79 Å². The van der Waals surface area contributed by atoms with Gasteiger partial charge in [0.1, 0.15) is 0 Å². The number of rotatable bonds is 3. The molecule has 2 aromatic carbocycles. The molecule has 0 aliphatic heterocycles. The summed E-state index contributed by atoms with van der Waals surface area (Å²) in [6.07, 6.45) is 0. The SMILES string of the molecule is CN(C(=O)c1ccc(C(C)(C)C)cc1)c1cccc(S(N)(=O)=O)c1. The molecule has 0 saturated heterocycles. The number of primary sulfonamides is 1. The van der Waals surface area contributed by atoms with Crippen LogP contribution >= 0.6 is 0 Å². The van der Waals surface area contributed by atoms with Gasteiger partial charge in [-0.15, -0.1) is 0 Å². The smallest absolute Gasteiger partial charge is 0.258 e. The van der Waals surface area contributed by atoms with Crippen LogP contribution in [-0.2, 0) is 15.4 Å². The van der Waals surface area contributed by atoms with E-state index in [2.05, 4.69) is 20.8 Å². The van der Waals surface area contributed by atoms with Gasteiger partial charge in [-0.05, 0) is 41.3 Å². The van der Waals surface area contributed by atoms with Crippen molar-refractivity contribution in [3.63, 3.8) is 0 Å². The van der Waals surface area contributed by atoms with Crippen LogP contribution in [0.5, 0.6) is 0 Å². The van der Waals surface area contributed by atoms with Crippen LogP contribution in [0.3, 0.4) is 0 Å². The number of carbonyl (C=O) groups excluding carboxylic acids is 1. The first-order valence-electron chi connectivity index (χ1n) is 7.51. The predicted octanol–water partition coefficient (Wildman–Crippen LogP) is 2.91. The summed E-state index contributed by atoms with van der Waals surface area (Å²) in [5, 5.41) is 5.14. The fourth-order valence-corrected chi connectivity index (χ4v) is 2.85. The summed E-state index contributed by atoms with van der Waals surface area (Å²) in [7, 11) is -2.21. The zero-order valence-electron chi connectivity index (χ0n) is 14.3. The second kappa shape index (κ2) is 6.37. The van der Waals surface area contributed by atoms with Crippen LogP contribution in [-0.4, -0.2) is 21.4 Å². The Morgan fingerprint density at radius 2 is 1.62 bits per heavy atom. The van der Waals surface area contributed by atoms with E-state index in [0.29, 0.717) is 11.3 Å². The molecule has 2 N–H and O–H groups in total. The van der Waals surface area contributed by atoms with Gasteiger partial charge >= 0.3 is 0 Å². The molecule has 5 nitrogen and oxygen atoms in total. The molecule has 2 aromatic rings. The summed E-state index contributed by atoms with van der Waals surface area (Å²) in [6.45, 7) is 6.32. The standard InChI is InChI=1S/C18H22N2O3S/c1-18(2,3)14-10-8-13(9-11-14)17(21)20(4)15-6-5-7-16(12-15)24(19,22)23/h5-12H,1-4H3,(H2,19,22,23). The molecule has 0 bridgehead atoms. The molecule has 2 rings (SSSR count). The topological polar surface area (TPSA) is 80.5 Å². The van der Waals surface area contributed by atoms with Gasteiger partial charge in [0.15, 0.2) is 0 Å². The zero-order valence-corrected chi connectivity index (χ0v) is 15.1. The fourth-order valence-electron chi connectivity index (χ4n) is 2.29. The van der Waals surface area contributed by atoms with Crippen molar-refractivity contribution in [1.29, 1.82) is 0 Å². The van der Waals surface area contributed by atoms with E-state index >= 15 is 0 Å². The molecule has 0 unspecified atom stereocenters. The first-order chi connectivity index (χ1) is 11.0. The summed E-state index contributed by atoms with van der Waals surface area (Å²) in [4.78, 5) is 14.0. The lowest BCUT2D eigenvalue weighted by Crippen LogP contribution is -2.26. The average molecular weight is 346 g/mol. The van der Waals surface area contributed by atoms with E-state index in [0.717, 1.165) is 5.56 Å². The monoisotopic (exact) mass is 346 g/mol. The minimum absolute atomic E-state index is 0.0112. The number of anilines is 1. The largest absolute Gasteiger partial charge is 0.311 e. The molecule has 0 fully saturated rings. The van der Waals surface area contributed by atoms with E-state index in [1.165, 1.54) is 17.0 Å². The Morgan fingerprint density at radius 3 is 2.12 bits per heavy atom. The minimum Gasteiger partial charge on any atom is -0.311 e. The number of hydrogen-bond acceptors (Lipinski definition) is 3. The van der Waals surface area contributed by atoms with E-state index in [9.17, 15) is 13.2 Å². The van der Waals surface area contributed by atoms with Gasteiger partial charge in [0.2, 0.25) is 10.0 Å². The van der Waals surface area contributed by atoms with Crippen molar-refractivity contribution in [3.05, 3.63) is 59.7 Å². The highest BCUT2D eigenvalue weighted by Gasteiger charge is 2.18. The van der Waals surface area contributed by atoms with Crippen molar-refractivity contribution >= 4 is 21.6 Å². The maximum atomic E-state index is 12.6. The summed E-state index contributed by atoms with van der Waals surface area (Å²) < 4.78 is 22.9. The van der Waals surface area contributed by atoms with Crippen molar-refractivity contribution in [2.45, 2.75) is 31.1 Å². The number of nitrogens with two attached hydrogens (primary N) is 1. The molecule has 0 aliphatic rings. The highest BCUT2D eigenvalue weighted by Crippen LogP contribution is 2.24. The third-order valence-electron chi connectivity index (χ3n) is 3.84. The van der Waals surface area contributed by atoms with Gasteiger partial charge in [-0.2, -0.15) is 0 Å². The van der Waals surface area contributed by atoms with Crippen LogP contribution in [0.15, 0.2) is 53.4 Å². The molecule has 0 radical (unpaired) electrons. The molecule has 128 valence electrons. The Labute approximate surface area is 143 Å². The minimum atomic E-state index is -3.81. The van der Waals surface area contributed by atoms with Crippen LogP contribution in [0.25, 0.3) is 0 Å². The van der Waals surface area contributed by atoms with Crippen LogP contribution in [0, 0.1) is 0 Å². The lowest BCUT2D eigenvalue weighted by molar-refractivity contribution is 0.0993. The molecule has 0 aliphatic carbocycles. The zero-order chi connectivity index (χ0) is 18.1. The number of sulfonamides is 1. The number of amides is 1. The molecule has 0 aromatic heterocycles. The molecule has 0 spiro atoms. The second-order valence-electron chi connectivity index (χ2n) is 6.73. The maximum Gasteiger partial charge on any atom is 0.258 e. The molecule has 6 heteroatoms. The molecule has 1 amide bonds. The Bertz CT molecular complexity index is 851. The average Bonchev–Trinajstić information content (AvgIpc) is 2.52. The van der Waals surface area contributed by atoms with Crippen LogP contribution < -0.4 is 10.0 Å². The highest BCUT2D eigenvalue weighted by atomic mass is 32.2. The fraction of sp³-hybridized carbons (Fsp3) is 0.278. The van der Waals surface area contributed by atoms with Crippen LogP contribution in [0.1, 0.15) is 36.7 Å². The number of benzene rings is 2. The summed E-state index contributed by atoms with van der Waals surface area (Å²) in [6, 6.07) is 13.4. The number of carbonyl (C=O) groups is 1. The van der Waals surface area contributed by atoms with E-state index < -0.39 is 10.0 Å². The van der Waals surface area contributed by atoms with E-state index in [1.54, 1.807) is 31.3 Å². The van der Waals surface area contributed by atoms with Crippen molar-refractivity contribution in [1.82, 2.24) is 0 Å². The lowest BCUT2D eigenvalue weighted by atomic mass is 9.86. The molecule has 0 atom stereocenters. The highest BCUT2D eigenvalue weighted by molar-refractivity contribution is 7.89. The number of nitrogens with zero attached hydrogens (tertiary/aromatic N) is 1. The van der Waals surface area contributed by atoms with Crippen molar-refractivity contribution in [3.8, 4) is 0 Å². The first-order valence-corrected chi connectivity index (χ1v) is 9.06. The van der Waals surface area contributed by atoms with Gasteiger partial charge < -0.3 is 4.90 Å². The second-order valence-corrected chi connectivity index (χ2v) is 8.30. The predicted molar refractivity (Wildman–Crippen MR) is 95.7 cm³/mol. The van der Waals surface area contributed by atoms with E-state index in [1.807, 2.05) is 12.1 Å². The Morgan fingerprint density at radius 1 is 1.04 bits per heavy atom. The van der Waals surface area contributed by atoms with Crippen LogP contribution in [0.4, 0.5) is 5.69 Å². The summed E-state index contributed by atoms with van der Waals surface area (Å²) >= 11 is 0. The Kier molecular flexibility index (Phi) is 4.82. The lowest BCUT2D eigenvalue weighted by Gasteiger charge is -2.21. The quantitative estimate of drug-likeness (QED) is 0.928. The van der Waals surface area contributed by atoms with Gasteiger partial charge in [0.25, 0.3) is 5.91 Å². The van der Waals surface area contributed by atoms with Gasteiger partial charge in [-0.25, -0.2) is 13.6 Å². The van der Waals surface area contributed by atoms with Crippen molar-refractivity contribution in [2.24, 2.45) is 5.14 Å². The summed E-state index contributed by atoms with van der Waals surface area (Å²) in [5.74, 6) is -0.220. The normalized spacial score (nSPS) is 12.0. The Hall–Kier alpha value is -2.18. The van der Waals surface area contributed by atoms with Gasteiger partial charge in [-0.1, -0.05) is 39.0 Å². The molecular formula is C18H22N2O3S. The van der Waals surface area contributed by atoms with Crippen molar-refractivity contribution in [2.75, 3.05) is 11.9 Å². The first kappa shape index (κ1) is 18.2. The third kappa shape index (κ3) is 4.01. The van der Waals surface area contributed by atoms with E-state index in [4.69, 9.17) is 5.14 Å². The Balaban J connectivity index is 2.30. The maximum absolute atomic E-state index is 12.6. The third-order valence-corrected chi connectivity index (χ3v) is 4.75. The molecule has 0 saturated carbocycles.